The van der Waals surface area contributed by atoms with Crippen LogP contribution in [0, 0.1) is 18.3 Å². The topological polar surface area (TPSA) is 94.5 Å². The number of anilines is 1. The van der Waals surface area contributed by atoms with Crippen LogP contribution in [0.4, 0.5) is 5.00 Å². The number of nitriles is 1. The van der Waals surface area contributed by atoms with Crippen molar-refractivity contribution in [3.8, 4) is 6.07 Å². The van der Waals surface area contributed by atoms with Crippen LogP contribution in [0.3, 0.4) is 0 Å². The Morgan fingerprint density at radius 2 is 2.43 bits per heavy atom. The second-order valence-electron chi connectivity index (χ2n) is 4.71. The van der Waals surface area contributed by atoms with Crippen LogP contribution in [0.1, 0.15) is 28.2 Å². The predicted octanol–water partition coefficient (Wildman–Crippen LogP) is 2.27. The van der Waals surface area contributed by atoms with E-state index in [0.717, 1.165) is 30.7 Å². The van der Waals surface area contributed by atoms with Gasteiger partial charge in [0.2, 0.25) is 11.1 Å². The largest absolute Gasteiger partial charge is 0.316 e. The molecule has 0 aromatic carbocycles. The maximum atomic E-state index is 12.0. The fourth-order valence-corrected chi connectivity index (χ4v) is 4.19. The minimum absolute atomic E-state index is 0.140. The summed E-state index contributed by atoms with van der Waals surface area (Å²) in [6, 6.07) is 2.22. The number of rotatable bonds is 4. The number of H-pyrrole nitrogens is 1. The van der Waals surface area contributed by atoms with Crippen molar-refractivity contribution in [3.05, 3.63) is 21.8 Å². The number of thiophene rings is 1. The molecule has 0 aliphatic heterocycles. The van der Waals surface area contributed by atoms with Gasteiger partial charge in [-0.05, 0) is 31.7 Å². The molecule has 2 aromatic rings. The van der Waals surface area contributed by atoms with Crippen molar-refractivity contribution in [1.29, 1.82) is 5.26 Å². The molecule has 108 valence electrons. The summed E-state index contributed by atoms with van der Waals surface area (Å²) in [4.78, 5) is 17.4. The molecule has 0 saturated heterocycles. The van der Waals surface area contributed by atoms with Crippen LogP contribution < -0.4 is 5.32 Å². The summed E-state index contributed by atoms with van der Waals surface area (Å²) in [7, 11) is 0. The molecule has 3 rings (SSSR count). The first-order valence-electron chi connectivity index (χ1n) is 6.53. The Bertz CT molecular complexity index is 727. The molecule has 0 unspecified atom stereocenters. The van der Waals surface area contributed by atoms with E-state index < -0.39 is 0 Å². The molecule has 2 N–H and O–H groups in total. The zero-order valence-electron chi connectivity index (χ0n) is 11.4. The van der Waals surface area contributed by atoms with Crippen LogP contribution in [0.15, 0.2) is 5.16 Å². The third-order valence-corrected chi connectivity index (χ3v) is 5.25. The summed E-state index contributed by atoms with van der Waals surface area (Å²) in [5.74, 6) is 0.809. The summed E-state index contributed by atoms with van der Waals surface area (Å²) in [6.45, 7) is 1.81. The Labute approximate surface area is 130 Å². The highest BCUT2D eigenvalue weighted by molar-refractivity contribution is 7.99. The first-order chi connectivity index (χ1) is 10.2. The summed E-state index contributed by atoms with van der Waals surface area (Å²) >= 11 is 2.80. The van der Waals surface area contributed by atoms with Crippen LogP contribution in [0.5, 0.6) is 0 Å². The number of thioether (sulfide) groups is 1. The minimum Gasteiger partial charge on any atom is -0.316 e. The highest BCUT2D eigenvalue weighted by atomic mass is 32.2. The van der Waals surface area contributed by atoms with E-state index in [0.29, 0.717) is 15.7 Å². The summed E-state index contributed by atoms with van der Waals surface area (Å²) in [6.07, 6.45) is 3.05. The number of carbonyl (C=O) groups is 1. The average molecular weight is 319 g/mol. The number of hydrogen-bond donors (Lipinski definition) is 2. The average Bonchev–Trinajstić information content (AvgIpc) is 3.12. The first-order valence-corrected chi connectivity index (χ1v) is 8.34. The van der Waals surface area contributed by atoms with Crippen LogP contribution >= 0.6 is 23.1 Å². The summed E-state index contributed by atoms with van der Waals surface area (Å²) < 4.78 is 0. The second-order valence-corrected chi connectivity index (χ2v) is 6.76. The van der Waals surface area contributed by atoms with Gasteiger partial charge in [-0.15, -0.1) is 16.4 Å². The summed E-state index contributed by atoms with van der Waals surface area (Å²) in [5, 5.41) is 20.0. The van der Waals surface area contributed by atoms with Crippen LogP contribution in [0.2, 0.25) is 0 Å². The monoisotopic (exact) mass is 319 g/mol. The molecule has 1 amide bonds. The maximum Gasteiger partial charge on any atom is 0.235 e. The maximum absolute atomic E-state index is 12.0. The lowest BCUT2D eigenvalue weighted by Gasteiger charge is -2.02. The van der Waals surface area contributed by atoms with Gasteiger partial charge in [-0.1, -0.05) is 11.8 Å². The molecule has 21 heavy (non-hydrogen) atoms. The lowest BCUT2D eigenvalue weighted by Crippen LogP contribution is -2.14. The van der Waals surface area contributed by atoms with Crippen molar-refractivity contribution in [2.45, 2.75) is 31.3 Å². The Kier molecular flexibility index (Phi) is 3.94. The molecular weight excluding hydrogens is 306 g/mol. The van der Waals surface area contributed by atoms with E-state index in [-0.39, 0.29) is 11.7 Å². The number of aryl methyl sites for hydroxylation is 2. The lowest BCUT2D eigenvalue weighted by atomic mass is 10.1. The molecule has 0 atom stereocenters. The van der Waals surface area contributed by atoms with Crippen molar-refractivity contribution < 1.29 is 4.79 Å². The SMILES string of the molecule is Cc1nc(SCC(=O)Nc2sc3c(c2C#N)CCC3)n[nH]1. The normalized spacial score (nSPS) is 13.0. The molecule has 1 aliphatic carbocycles. The van der Waals surface area contributed by atoms with E-state index in [9.17, 15) is 10.1 Å². The van der Waals surface area contributed by atoms with Gasteiger partial charge in [0.15, 0.2) is 0 Å². The molecule has 8 heteroatoms. The van der Waals surface area contributed by atoms with Crippen molar-refractivity contribution in [2.75, 3.05) is 11.1 Å². The number of fused-ring (bicyclic) bond motifs is 1. The van der Waals surface area contributed by atoms with E-state index in [2.05, 4.69) is 26.6 Å². The van der Waals surface area contributed by atoms with Crippen molar-refractivity contribution >= 4 is 34.0 Å². The minimum atomic E-state index is -0.140. The Balaban J connectivity index is 1.64. The number of nitrogens with zero attached hydrogens (tertiary/aromatic N) is 3. The van der Waals surface area contributed by atoms with E-state index in [1.807, 2.05) is 6.92 Å². The van der Waals surface area contributed by atoms with E-state index in [1.54, 1.807) is 0 Å². The Morgan fingerprint density at radius 1 is 1.57 bits per heavy atom. The zero-order valence-corrected chi connectivity index (χ0v) is 13.0. The van der Waals surface area contributed by atoms with Gasteiger partial charge in [-0.2, -0.15) is 5.26 Å². The van der Waals surface area contributed by atoms with Gasteiger partial charge in [0.25, 0.3) is 0 Å². The first kappa shape index (κ1) is 14.1. The molecule has 0 fully saturated rings. The van der Waals surface area contributed by atoms with Gasteiger partial charge in [0.05, 0.1) is 11.3 Å². The van der Waals surface area contributed by atoms with E-state index in [1.165, 1.54) is 28.0 Å². The van der Waals surface area contributed by atoms with Gasteiger partial charge in [-0.3, -0.25) is 9.89 Å². The van der Waals surface area contributed by atoms with Gasteiger partial charge in [0, 0.05) is 4.88 Å². The smallest absolute Gasteiger partial charge is 0.235 e. The van der Waals surface area contributed by atoms with Crippen molar-refractivity contribution in [1.82, 2.24) is 15.2 Å². The van der Waals surface area contributed by atoms with Crippen LogP contribution in [-0.4, -0.2) is 26.8 Å². The quantitative estimate of drug-likeness (QED) is 0.843. The molecular formula is C13H13N5OS2. The van der Waals surface area contributed by atoms with Crippen molar-refractivity contribution in [2.24, 2.45) is 0 Å². The van der Waals surface area contributed by atoms with E-state index in [4.69, 9.17) is 0 Å². The summed E-state index contributed by atoms with van der Waals surface area (Å²) in [5.41, 5.74) is 1.76. The second kappa shape index (κ2) is 5.87. The predicted molar refractivity (Wildman–Crippen MR) is 81.5 cm³/mol. The van der Waals surface area contributed by atoms with Crippen molar-refractivity contribution in [3.63, 3.8) is 0 Å². The molecule has 0 spiro atoms. The van der Waals surface area contributed by atoms with E-state index >= 15 is 0 Å². The molecule has 1 aliphatic rings. The number of aromatic amines is 1. The third kappa shape index (κ3) is 2.94. The highest BCUT2D eigenvalue weighted by Gasteiger charge is 2.23. The fraction of sp³-hybridized carbons (Fsp3) is 0.385. The molecule has 0 radical (unpaired) electrons. The van der Waals surface area contributed by atoms with Gasteiger partial charge in [-0.25, -0.2) is 4.98 Å². The molecule has 0 bridgehead atoms. The standard InChI is InChI=1S/C13H13N5OS2/c1-7-15-13(18-17-7)20-6-11(19)16-12-9(5-14)8-3-2-4-10(8)21-12/h2-4,6H2,1H3,(H,16,19)(H,15,17,18). The Hall–Kier alpha value is -1.85. The van der Waals surface area contributed by atoms with Gasteiger partial charge >= 0.3 is 0 Å². The number of aromatic nitrogens is 3. The van der Waals surface area contributed by atoms with Gasteiger partial charge < -0.3 is 5.32 Å². The molecule has 2 aromatic heterocycles. The number of nitrogens with one attached hydrogen (secondary N) is 2. The highest BCUT2D eigenvalue weighted by Crippen LogP contribution is 2.38. The Morgan fingerprint density at radius 3 is 3.14 bits per heavy atom. The van der Waals surface area contributed by atoms with Crippen LogP contribution in [0.25, 0.3) is 0 Å². The molecule has 0 saturated carbocycles. The van der Waals surface area contributed by atoms with Gasteiger partial charge in [0.1, 0.15) is 16.9 Å². The third-order valence-electron chi connectivity index (χ3n) is 3.20. The number of carbonyl (C=O) groups excluding carboxylic acids is 1. The fourth-order valence-electron chi connectivity index (χ4n) is 2.29. The number of hydrogen-bond acceptors (Lipinski definition) is 6. The molecule has 6 nitrogen and oxygen atoms in total. The zero-order chi connectivity index (χ0) is 14.8. The lowest BCUT2D eigenvalue weighted by molar-refractivity contribution is -0.113. The molecule has 2 heterocycles. The van der Waals surface area contributed by atoms with Crippen LogP contribution in [-0.2, 0) is 17.6 Å². The number of amides is 1.